The van der Waals surface area contributed by atoms with Crippen LogP contribution in [0.4, 0.5) is 0 Å². The molecule has 2 amide bonds. The van der Waals surface area contributed by atoms with E-state index in [1.165, 1.54) is 7.11 Å². The quantitative estimate of drug-likeness (QED) is 0.254. The zero-order chi connectivity index (χ0) is 22.7. The van der Waals surface area contributed by atoms with Crippen molar-refractivity contribution in [2.75, 3.05) is 7.11 Å². The molecule has 0 radical (unpaired) electrons. The lowest BCUT2D eigenvalue weighted by Gasteiger charge is -2.24. The molecule has 7 heteroatoms. The van der Waals surface area contributed by atoms with Gasteiger partial charge < -0.3 is 9.47 Å². The second kappa shape index (κ2) is 9.52. The van der Waals surface area contributed by atoms with Crippen LogP contribution in [-0.2, 0) is 22.6 Å². The Hall–Kier alpha value is -3.20. The van der Waals surface area contributed by atoms with Gasteiger partial charge in [-0.2, -0.15) is 0 Å². The molecule has 1 aliphatic rings. The standard InChI is InChI=1S/C25H20INO5/c1-31-25(30)21(27-23(28)18-9-5-6-10-19(18)24(27)29)14-17-11-12-22(20(26)13-17)32-15-16-7-3-2-4-8-16/h2-13,21H,14-15H2,1H3/t21-/m0/s1. The Labute approximate surface area is 199 Å². The van der Waals surface area contributed by atoms with Gasteiger partial charge in [0.1, 0.15) is 18.4 Å². The summed E-state index contributed by atoms with van der Waals surface area (Å²) in [4.78, 5) is 39.3. The van der Waals surface area contributed by atoms with Gasteiger partial charge >= 0.3 is 5.97 Å². The van der Waals surface area contributed by atoms with Crippen LogP contribution < -0.4 is 4.74 Å². The van der Waals surface area contributed by atoms with Crippen molar-refractivity contribution < 1.29 is 23.9 Å². The first-order valence-corrected chi connectivity index (χ1v) is 11.1. The van der Waals surface area contributed by atoms with E-state index in [0.717, 1.165) is 19.6 Å². The third-order valence-electron chi connectivity index (χ3n) is 5.27. The minimum Gasteiger partial charge on any atom is -0.488 e. The number of hydrogen-bond donors (Lipinski definition) is 0. The van der Waals surface area contributed by atoms with Crippen molar-refractivity contribution in [2.24, 2.45) is 0 Å². The molecule has 0 N–H and O–H groups in total. The number of ether oxygens (including phenoxy) is 2. The predicted octanol–water partition coefficient (Wildman–Crippen LogP) is 4.25. The van der Waals surface area contributed by atoms with Crippen molar-refractivity contribution in [1.82, 2.24) is 4.90 Å². The van der Waals surface area contributed by atoms with Crippen molar-refractivity contribution in [2.45, 2.75) is 19.1 Å². The van der Waals surface area contributed by atoms with Gasteiger partial charge in [0, 0.05) is 6.42 Å². The van der Waals surface area contributed by atoms with E-state index in [4.69, 9.17) is 9.47 Å². The lowest BCUT2D eigenvalue weighted by Crippen LogP contribution is -2.46. The van der Waals surface area contributed by atoms with E-state index >= 15 is 0 Å². The van der Waals surface area contributed by atoms with Crippen LogP contribution >= 0.6 is 22.6 Å². The molecule has 0 saturated carbocycles. The molecule has 0 bridgehead atoms. The van der Waals surface area contributed by atoms with Crippen LogP contribution in [0.15, 0.2) is 72.8 Å². The van der Waals surface area contributed by atoms with Crippen LogP contribution in [0.1, 0.15) is 31.8 Å². The van der Waals surface area contributed by atoms with Gasteiger partial charge in [0.2, 0.25) is 0 Å². The van der Waals surface area contributed by atoms with Crippen LogP contribution in [-0.4, -0.2) is 35.8 Å². The van der Waals surface area contributed by atoms with E-state index in [-0.39, 0.29) is 6.42 Å². The number of nitrogens with zero attached hydrogens (tertiary/aromatic N) is 1. The number of benzene rings is 3. The van der Waals surface area contributed by atoms with Crippen LogP contribution in [0.3, 0.4) is 0 Å². The van der Waals surface area contributed by atoms with Crippen LogP contribution in [0, 0.1) is 3.57 Å². The number of hydrogen-bond acceptors (Lipinski definition) is 5. The molecular formula is C25H20INO5. The fraction of sp³-hybridized carbons (Fsp3) is 0.160. The Bertz CT molecular complexity index is 1140. The molecule has 1 atom stereocenters. The molecule has 4 rings (SSSR count). The maximum Gasteiger partial charge on any atom is 0.329 e. The van der Waals surface area contributed by atoms with E-state index in [1.54, 1.807) is 24.3 Å². The van der Waals surface area contributed by atoms with Gasteiger partial charge in [0.05, 0.1) is 21.8 Å². The molecule has 0 fully saturated rings. The Balaban J connectivity index is 1.54. The lowest BCUT2D eigenvalue weighted by atomic mass is 10.0. The van der Waals surface area contributed by atoms with Gasteiger partial charge in [-0.05, 0) is 58.0 Å². The van der Waals surface area contributed by atoms with Gasteiger partial charge in [-0.1, -0.05) is 48.5 Å². The SMILES string of the molecule is COC(=O)[C@H](Cc1ccc(OCc2ccccc2)c(I)c1)N1C(=O)c2ccccc2C1=O. The first-order valence-electron chi connectivity index (χ1n) is 9.99. The lowest BCUT2D eigenvalue weighted by molar-refractivity contribution is -0.145. The molecule has 3 aromatic carbocycles. The number of rotatable bonds is 7. The number of esters is 1. The molecule has 0 aromatic heterocycles. The highest BCUT2D eigenvalue weighted by atomic mass is 127. The third-order valence-corrected chi connectivity index (χ3v) is 6.12. The van der Waals surface area contributed by atoms with Gasteiger partial charge in [-0.3, -0.25) is 14.5 Å². The van der Waals surface area contributed by atoms with Gasteiger partial charge in [0.15, 0.2) is 0 Å². The summed E-state index contributed by atoms with van der Waals surface area (Å²) in [6, 6.07) is 20.9. The second-order valence-electron chi connectivity index (χ2n) is 7.31. The number of methoxy groups -OCH3 is 1. The molecule has 0 saturated heterocycles. The zero-order valence-electron chi connectivity index (χ0n) is 17.3. The molecule has 0 aliphatic carbocycles. The average Bonchev–Trinajstić information content (AvgIpc) is 3.07. The van der Waals surface area contributed by atoms with Gasteiger partial charge in [-0.25, -0.2) is 4.79 Å². The molecule has 32 heavy (non-hydrogen) atoms. The van der Waals surface area contributed by atoms with Gasteiger partial charge in [-0.15, -0.1) is 0 Å². The van der Waals surface area contributed by atoms with Crippen molar-refractivity contribution >= 4 is 40.4 Å². The molecule has 0 spiro atoms. The van der Waals surface area contributed by atoms with E-state index in [1.807, 2.05) is 48.5 Å². The molecule has 162 valence electrons. The third kappa shape index (κ3) is 4.38. The summed E-state index contributed by atoms with van der Waals surface area (Å²) in [5, 5.41) is 0. The van der Waals surface area contributed by atoms with E-state index in [0.29, 0.717) is 23.5 Å². The summed E-state index contributed by atoms with van der Waals surface area (Å²) in [5.74, 6) is -0.899. The predicted molar refractivity (Wildman–Crippen MR) is 126 cm³/mol. The minimum absolute atomic E-state index is 0.146. The molecular weight excluding hydrogens is 521 g/mol. The van der Waals surface area contributed by atoms with Crippen molar-refractivity contribution in [3.8, 4) is 5.75 Å². The van der Waals surface area contributed by atoms with E-state index in [2.05, 4.69) is 22.6 Å². The van der Waals surface area contributed by atoms with Crippen molar-refractivity contribution in [3.05, 3.63) is 98.6 Å². The summed E-state index contributed by atoms with van der Waals surface area (Å²) in [5.41, 5.74) is 2.44. The smallest absolute Gasteiger partial charge is 0.329 e. The monoisotopic (exact) mass is 541 g/mol. The number of carbonyl (C=O) groups excluding carboxylic acids is 3. The summed E-state index contributed by atoms with van der Waals surface area (Å²) >= 11 is 2.17. The van der Waals surface area contributed by atoms with Gasteiger partial charge in [0.25, 0.3) is 11.8 Å². The Morgan fingerprint density at radius 2 is 1.53 bits per heavy atom. The Morgan fingerprint density at radius 3 is 2.12 bits per heavy atom. The zero-order valence-corrected chi connectivity index (χ0v) is 19.4. The van der Waals surface area contributed by atoms with Crippen molar-refractivity contribution in [3.63, 3.8) is 0 Å². The number of carbonyl (C=O) groups is 3. The highest BCUT2D eigenvalue weighted by Gasteiger charge is 2.43. The highest BCUT2D eigenvalue weighted by Crippen LogP contribution is 2.28. The number of imide groups is 1. The minimum atomic E-state index is -1.06. The highest BCUT2D eigenvalue weighted by molar-refractivity contribution is 14.1. The molecule has 1 heterocycles. The summed E-state index contributed by atoms with van der Waals surface area (Å²) in [6.45, 7) is 0.440. The maximum atomic E-state index is 12.9. The first-order chi connectivity index (χ1) is 15.5. The summed E-state index contributed by atoms with van der Waals surface area (Å²) in [7, 11) is 1.25. The summed E-state index contributed by atoms with van der Waals surface area (Å²) in [6.07, 6.45) is 0.146. The second-order valence-corrected chi connectivity index (χ2v) is 8.47. The number of halogens is 1. The van der Waals surface area contributed by atoms with Crippen LogP contribution in [0.25, 0.3) is 0 Å². The Kier molecular flexibility index (Phi) is 6.55. The fourth-order valence-corrected chi connectivity index (χ4v) is 4.39. The summed E-state index contributed by atoms with van der Waals surface area (Å²) < 4.78 is 11.7. The fourth-order valence-electron chi connectivity index (χ4n) is 3.65. The maximum absolute atomic E-state index is 12.9. The molecule has 1 aliphatic heterocycles. The largest absolute Gasteiger partial charge is 0.488 e. The molecule has 3 aromatic rings. The average molecular weight is 541 g/mol. The Morgan fingerprint density at radius 1 is 0.906 bits per heavy atom. The van der Waals surface area contributed by atoms with Crippen molar-refractivity contribution in [1.29, 1.82) is 0 Å². The molecule has 0 unspecified atom stereocenters. The number of fused-ring (bicyclic) bond motifs is 1. The van der Waals surface area contributed by atoms with Crippen LogP contribution in [0.2, 0.25) is 0 Å². The normalized spacial score (nSPS) is 13.6. The van der Waals surface area contributed by atoms with E-state index < -0.39 is 23.8 Å². The van der Waals surface area contributed by atoms with E-state index in [9.17, 15) is 14.4 Å². The topological polar surface area (TPSA) is 72.9 Å². The van der Waals surface area contributed by atoms with Crippen LogP contribution in [0.5, 0.6) is 5.75 Å². The first kappa shape index (κ1) is 22.0. The molecule has 6 nitrogen and oxygen atoms in total. The number of amides is 2.